The van der Waals surface area contributed by atoms with Gasteiger partial charge in [0, 0.05) is 6.61 Å². The Hall–Kier alpha value is -0.610. The van der Waals surface area contributed by atoms with E-state index in [1.807, 2.05) is 6.92 Å². The summed E-state index contributed by atoms with van der Waals surface area (Å²) in [5, 5.41) is 8.87. The SMILES string of the molecule is CCCCOCCOC(CCCC)C(=O)O. The molecule has 4 nitrogen and oxygen atoms in total. The molecule has 16 heavy (non-hydrogen) atoms. The van der Waals surface area contributed by atoms with Gasteiger partial charge in [0.15, 0.2) is 6.10 Å². The van der Waals surface area contributed by atoms with E-state index in [0.717, 1.165) is 32.3 Å². The number of carboxylic acids is 1. The summed E-state index contributed by atoms with van der Waals surface area (Å²) in [6.07, 6.45) is 3.93. The van der Waals surface area contributed by atoms with E-state index in [2.05, 4.69) is 6.92 Å². The molecule has 1 atom stereocenters. The van der Waals surface area contributed by atoms with Crippen LogP contribution in [0.1, 0.15) is 46.0 Å². The Balaban J connectivity index is 3.48. The average Bonchev–Trinajstić information content (AvgIpc) is 2.26. The molecular formula is C12H24O4. The zero-order chi connectivity index (χ0) is 12.2. The van der Waals surface area contributed by atoms with Gasteiger partial charge in [-0.15, -0.1) is 0 Å². The van der Waals surface area contributed by atoms with Crippen LogP contribution in [0.15, 0.2) is 0 Å². The molecule has 1 N–H and O–H groups in total. The van der Waals surface area contributed by atoms with Gasteiger partial charge in [0.2, 0.25) is 0 Å². The summed E-state index contributed by atoms with van der Waals surface area (Å²) in [6, 6.07) is 0. The molecule has 0 radical (unpaired) electrons. The molecule has 0 aliphatic carbocycles. The van der Waals surface area contributed by atoms with Crippen molar-refractivity contribution in [2.75, 3.05) is 19.8 Å². The van der Waals surface area contributed by atoms with Crippen molar-refractivity contribution in [1.29, 1.82) is 0 Å². The topological polar surface area (TPSA) is 55.8 Å². The van der Waals surface area contributed by atoms with Gasteiger partial charge < -0.3 is 14.6 Å². The standard InChI is InChI=1S/C12H24O4/c1-3-5-7-11(12(13)14)16-10-9-15-8-6-4-2/h11H,3-10H2,1-2H3,(H,13,14). The lowest BCUT2D eigenvalue weighted by molar-refractivity contribution is -0.151. The highest BCUT2D eigenvalue weighted by Crippen LogP contribution is 2.05. The van der Waals surface area contributed by atoms with Gasteiger partial charge in [0.05, 0.1) is 13.2 Å². The first-order valence-corrected chi connectivity index (χ1v) is 6.14. The van der Waals surface area contributed by atoms with E-state index in [1.54, 1.807) is 0 Å². The lowest BCUT2D eigenvalue weighted by Gasteiger charge is -2.13. The summed E-state index contributed by atoms with van der Waals surface area (Å²) in [4.78, 5) is 10.8. The van der Waals surface area contributed by atoms with Gasteiger partial charge >= 0.3 is 5.97 Å². The maximum absolute atomic E-state index is 10.8. The Morgan fingerprint density at radius 1 is 1.12 bits per heavy atom. The first kappa shape index (κ1) is 15.4. The minimum Gasteiger partial charge on any atom is -0.479 e. The summed E-state index contributed by atoms with van der Waals surface area (Å²) in [7, 11) is 0. The molecule has 0 fully saturated rings. The average molecular weight is 232 g/mol. The van der Waals surface area contributed by atoms with Gasteiger partial charge in [-0.3, -0.25) is 0 Å². The second-order valence-corrected chi connectivity index (χ2v) is 3.81. The number of ether oxygens (including phenoxy) is 2. The van der Waals surface area contributed by atoms with Crippen molar-refractivity contribution in [3.63, 3.8) is 0 Å². The Labute approximate surface area is 97.9 Å². The molecule has 0 aromatic carbocycles. The number of aliphatic carboxylic acids is 1. The molecule has 0 aliphatic rings. The Kier molecular flexibility index (Phi) is 10.5. The molecule has 0 aromatic rings. The van der Waals surface area contributed by atoms with E-state index in [4.69, 9.17) is 14.6 Å². The van der Waals surface area contributed by atoms with E-state index < -0.39 is 12.1 Å². The fraction of sp³-hybridized carbons (Fsp3) is 0.917. The van der Waals surface area contributed by atoms with E-state index in [9.17, 15) is 4.79 Å². The first-order chi connectivity index (χ1) is 7.72. The fourth-order valence-electron chi connectivity index (χ4n) is 1.27. The highest BCUT2D eigenvalue weighted by Gasteiger charge is 2.16. The van der Waals surface area contributed by atoms with Gasteiger partial charge in [-0.25, -0.2) is 4.79 Å². The molecule has 0 heterocycles. The van der Waals surface area contributed by atoms with Gasteiger partial charge in [-0.05, 0) is 12.8 Å². The predicted octanol–water partition coefficient (Wildman–Crippen LogP) is 2.46. The first-order valence-electron chi connectivity index (χ1n) is 6.14. The van der Waals surface area contributed by atoms with Crippen LogP contribution in [-0.2, 0) is 14.3 Å². The molecule has 0 rings (SSSR count). The molecule has 0 aromatic heterocycles. The summed E-state index contributed by atoms with van der Waals surface area (Å²) in [6.45, 7) is 5.71. The third-order valence-corrected chi connectivity index (χ3v) is 2.28. The number of unbranched alkanes of at least 4 members (excludes halogenated alkanes) is 2. The number of hydrogen-bond donors (Lipinski definition) is 1. The molecular weight excluding hydrogens is 208 g/mol. The van der Waals surface area contributed by atoms with Crippen LogP contribution >= 0.6 is 0 Å². The Morgan fingerprint density at radius 3 is 2.38 bits per heavy atom. The Morgan fingerprint density at radius 2 is 1.81 bits per heavy atom. The third-order valence-electron chi connectivity index (χ3n) is 2.28. The van der Waals surface area contributed by atoms with Gasteiger partial charge in [0.1, 0.15) is 0 Å². The summed E-state index contributed by atoms with van der Waals surface area (Å²) >= 11 is 0. The smallest absolute Gasteiger partial charge is 0.332 e. The van der Waals surface area contributed by atoms with E-state index in [1.165, 1.54) is 0 Å². The van der Waals surface area contributed by atoms with Crippen LogP contribution in [-0.4, -0.2) is 37.0 Å². The zero-order valence-electron chi connectivity index (χ0n) is 10.4. The second kappa shape index (κ2) is 10.9. The summed E-state index contributed by atoms with van der Waals surface area (Å²) in [5.74, 6) is -0.873. The number of hydrogen-bond acceptors (Lipinski definition) is 3. The molecule has 0 saturated heterocycles. The largest absolute Gasteiger partial charge is 0.479 e. The lowest BCUT2D eigenvalue weighted by Crippen LogP contribution is -2.25. The minimum atomic E-state index is -0.873. The lowest BCUT2D eigenvalue weighted by atomic mass is 10.1. The third kappa shape index (κ3) is 8.68. The molecule has 0 bridgehead atoms. The molecule has 0 spiro atoms. The van der Waals surface area contributed by atoms with Crippen molar-refractivity contribution in [2.45, 2.75) is 52.1 Å². The molecule has 1 unspecified atom stereocenters. The molecule has 0 amide bonds. The fourth-order valence-corrected chi connectivity index (χ4v) is 1.27. The van der Waals surface area contributed by atoms with Crippen LogP contribution in [0.25, 0.3) is 0 Å². The number of rotatable bonds is 11. The number of carbonyl (C=O) groups is 1. The van der Waals surface area contributed by atoms with Crippen LogP contribution in [0, 0.1) is 0 Å². The van der Waals surface area contributed by atoms with E-state index in [-0.39, 0.29) is 0 Å². The summed E-state index contributed by atoms with van der Waals surface area (Å²) < 4.78 is 10.6. The maximum Gasteiger partial charge on any atom is 0.332 e. The van der Waals surface area contributed by atoms with Gasteiger partial charge in [0.25, 0.3) is 0 Å². The quantitative estimate of drug-likeness (QED) is 0.556. The molecule has 4 heteroatoms. The van der Waals surface area contributed by atoms with Crippen LogP contribution in [0.4, 0.5) is 0 Å². The van der Waals surface area contributed by atoms with E-state index in [0.29, 0.717) is 19.6 Å². The molecule has 0 aliphatic heterocycles. The van der Waals surface area contributed by atoms with Crippen LogP contribution < -0.4 is 0 Å². The highest BCUT2D eigenvalue weighted by atomic mass is 16.5. The number of carboxylic acid groups (broad SMARTS) is 1. The monoisotopic (exact) mass is 232 g/mol. The Bertz CT molecular complexity index is 170. The van der Waals surface area contributed by atoms with Crippen molar-refractivity contribution < 1.29 is 19.4 Å². The van der Waals surface area contributed by atoms with Crippen LogP contribution in [0.5, 0.6) is 0 Å². The maximum atomic E-state index is 10.8. The van der Waals surface area contributed by atoms with Crippen molar-refractivity contribution in [3.05, 3.63) is 0 Å². The normalized spacial score (nSPS) is 12.6. The van der Waals surface area contributed by atoms with E-state index >= 15 is 0 Å². The minimum absolute atomic E-state index is 0.365. The highest BCUT2D eigenvalue weighted by molar-refractivity contribution is 5.72. The van der Waals surface area contributed by atoms with Crippen molar-refractivity contribution in [2.24, 2.45) is 0 Å². The van der Waals surface area contributed by atoms with Crippen molar-refractivity contribution in [1.82, 2.24) is 0 Å². The van der Waals surface area contributed by atoms with Crippen molar-refractivity contribution in [3.8, 4) is 0 Å². The molecule has 0 saturated carbocycles. The summed E-state index contributed by atoms with van der Waals surface area (Å²) in [5.41, 5.74) is 0. The predicted molar refractivity (Wildman–Crippen MR) is 62.6 cm³/mol. The van der Waals surface area contributed by atoms with Crippen LogP contribution in [0.3, 0.4) is 0 Å². The van der Waals surface area contributed by atoms with Gasteiger partial charge in [-0.2, -0.15) is 0 Å². The second-order valence-electron chi connectivity index (χ2n) is 3.81. The zero-order valence-corrected chi connectivity index (χ0v) is 10.4. The van der Waals surface area contributed by atoms with Gasteiger partial charge in [-0.1, -0.05) is 33.1 Å². The van der Waals surface area contributed by atoms with Crippen molar-refractivity contribution >= 4 is 5.97 Å². The van der Waals surface area contributed by atoms with Crippen LogP contribution in [0.2, 0.25) is 0 Å². The molecule has 96 valence electrons.